The van der Waals surface area contributed by atoms with Crippen LogP contribution in [0.2, 0.25) is 0 Å². The molecule has 0 aliphatic rings. The van der Waals surface area contributed by atoms with Crippen LogP contribution in [0.15, 0.2) is 60.8 Å². The molecular formula is C15H12N2O. The molecule has 3 nitrogen and oxygen atoms in total. The lowest BCUT2D eigenvalue weighted by atomic mass is 10.1. The van der Waals surface area contributed by atoms with Crippen LogP contribution < -0.4 is 5.73 Å². The first kappa shape index (κ1) is 10.6. The van der Waals surface area contributed by atoms with Crippen molar-refractivity contribution >= 4 is 17.1 Å². The molecule has 0 spiro atoms. The Morgan fingerprint density at radius 3 is 2.44 bits per heavy atom. The molecule has 2 N–H and O–H groups in total. The van der Waals surface area contributed by atoms with Crippen LogP contribution in [0.25, 0.3) is 5.52 Å². The van der Waals surface area contributed by atoms with Crippen molar-refractivity contribution in [2.24, 2.45) is 0 Å². The molecule has 3 aromatic rings. The van der Waals surface area contributed by atoms with E-state index in [9.17, 15) is 4.79 Å². The highest BCUT2D eigenvalue weighted by atomic mass is 16.1. The minimum atomic E-state index is -0.0446. The zero-order valence-corrected chi connectivity index (χ0v) is 9.71. The molecule has 0 fully saturated rings. The fourth-order valence-electron chi connectivity index (χ4n) is 2.07. The van der Waals surface area contributed by atoms with E-state index in [1.807, 2.05) is 53.1 Å². The van der Waals surface area contributed by atoms with Crippen molar-refractivity contribution in [1.29, 1.82) is 0 Å². The van der Waals surface area contributed by atoms with Crippen LogP contribution in [0, 0.1) is 0 Å². The van der Waals surface area contributed by atoms with Gasteiger partial charge in [-0.2, -0.15) is 0 Å². The van der Waals surface area contributed by atoms with Crippen molar-refractivity contribution in [3.8, 4) is 0 Å². The van der Waals surface area contributed by atoms with Crippen molar-refractivity contribution in [3.05, 3.63) is 71.9 Å². The van der Waals surface area contributed by atoms with Crippen LogP contribution in [-0.2, 0) is 0 Å². The van der Waals surface area contributed by atoms with Gasteiger partial charge in [0.2, 0.25) is 0 Å². The molecule has 0 atom stereocenters. The Labute approximate surface area is 104 Å². The van der Waals surface area contributed by atoms with Gasteiger partial charge in [0.1, 0.15) is 5.82 Å². The number of carbonyl (C=O) groups is 1. The molecule has 18 heavy (non-hydrogen) atoms. The van der Waals surface area contributed by atoms with Gasteiger partial charge in [-0.1, -0.05) is 36.4 Å². The number of hydrogen-bond donors (Lipinski definition) is 1. The van der Waals surface area contributed by atoms with Gasteiger partial charge in [-0.15, -0.1) is 0 Å². The van der Waals surface area contributed by atoms with Gasteiger partial charge < -0.3 is 10.1 Å². The Morgan fingerprint density at radius 1 is 1.00 bits per heavy atom. The van der Waals surface area contributed by atoms with Crippen LogP contribution in [0.5, 0.6) is 0 Å². The number of aromatic nitrogens is 1. The summed E-state index contributed by atoms with van der Waals surface area (Å²) < 4.78 is 1.82. The third-order valence-corrected chi connectivity index (χ3v) is 3.00. The summed E-state index contributed by atoms with van der Waals surface area (Å²) in [6, 6.07) is 16.7. The Hall–Kier alpha value is -2.55. The smallest absolute Gasteiger partial charge is 0.196 e. The third-order valence-electron chi connectivity index (χ3n) is 3.00. The van der Waals surface area contributed by atoms with Gasteiger partial charge in [0.15, 0.2) is 5.78 Å². The summed E-state index contributed by atoms with van der Waals surface area (Å²) in [4.78, 5) is 12.3. The van der Waals surface area contributed by atoms with Crippen molar-refractivity contribution in [2.75, 3.05) is 5.73 Å². The predicted molar refractivity (Wildman–Crippen MR) is 71.7 cm³/mol. The second-order valence-corrected chi connectivity index (χ2v) is 4.13. The van der Waals surface area contributed by atoms with E-state index in [0.717, 1.165) is 5.52 Å². The number of benzene rings is 1. The van der Waals surface area contributed by atoms with E-state index in [2.05, 4.69) is 0 Å². The van der Waals surface area contributed by atoms with Crippen molar-refractivity contribution in [1.82, 2.24) is 4.40 Å². The average molecular weight is 236 g/mol. The molecule has 0 amide bonds. The number of carbonyl (C=O) groups excluding carboxylic acids is 1. The summed E-state index contributed by atoms with van der Waals surface area (Å²) in [7, 11) is 0. The third kappa shape index (κ3) is 1.57. The van der Waals surface area contributed by atoms with Gasteiger partial charge in [-0.05, 0) is 18.2 Å². The van der Waals surface area contributed by atoms with Crippen molar-refractivity contribution in [3.63, 3.8) is 0 Å². The van der Waals surface area contributed by atoms with Crippen molar-refractivity contribution in [2.45, 2.75) is 0 Å². The summed E-state index contributed by atoms with van der Waals surface area (Å²) in [5.41, 5.74) is 8.15. The maximum Gasteiger partial charge on any atom is 0.196 e. The minimum Gasteiger partial charge on any atom is -0.384 e. The van der Waals surface area contributed by atoms with E-state index < -0.39 is 0 Å². The standard InChI is InChI=1S/C15H12N2O/c16-15-13(10-12-8-4-5-9-17(12)15)14(18)11-6-2-1-3-7-11/h1-10H,16H2. The Balaban J connectivity index is 2.15. The van der Waals surface area contributed by atoms with Crippen LogP contribution >= 0.6 is 0 Å². The second kappa shape index (κ2) is 4.04. The van der Waals surface area contributed by atoms with E-state index >= 15 is 0 Å². The number of fused-ring (bicyclic) bond motifs is 1. The Morgan fingerprint density at radius 2 is 1.72 bits per heavy atom. The number of nitrogens with zero attached hydrogens (tertiary/aromatic N) is 1. The van der Waals surface area contributed by atoms with E-state index in [1.54, 1.807) is 12.1 Å². The largest absolute Gasteiger partial charge is 0.384 e. The quantitative estimate of drug-likeness (QED) is 0.695. The first-order chi connectivity index (χ1) is 8.77. The molecule has 0 saturated heterocycles. The predicted octanol–water partition coefficient (Wildman–Crippen LogP) is 2.75. The molecule has 3 rings (SSSR count). The number of hydrogen-bond acceptors (Lipinski definition) is 2. The number of nitrogen functional groups attached to an aromatic ring is 1. The van der Waals surface area contributed by atoms with Gasteiger partial charge in [0.25, 0.3) is 0 Å². The number of pyridine rings is 1. The summed E-state index contributed by atoms with van der Waals surface area (Å²) in [6.07, 6.45) is 1.85. The molecule has 2 aromatic heterocycles. The maximum atomic E-state index is 12.3. The average Bonchev–Trinajstić information content (AvgIpc) is 2.77. The molecule has 0 unspecified atom stereocenters. The summed E-state index contributed by atoms with van der Waals surface area (Å²) in [5.74, 6) is 0.441. The first-order valence-corrected chi connectivity index (χ1v) is 5.72. The fraction of sp³-hybridized carbons (Fsp3) is 0. The highest BCUT2D eigenvalue weighted by Gasteiger charge is 2.15. The monoisotopic (exact) mass is 236 g/mol. The second-order valence-electron chi connectivity index (χ2n) is 4.13. The molecule has 0 saturated carbocycles. The summed E-state index contributed by atoms with van der Waals surface area (Å²) in [6.45, 7) is 0. The maximum absolute atomic E-state index is 12.3. The summed E-state index contributed by atoms with van der Waals surface area (Å²) >= 11 is 0. The van der Waals surface area contributed by atoms with Gasteiger partial charge in [-0.3, -0.25) is 4.79 Å². The zero-order valence-electron chi connectivity index (χ0n) is 9.71. The van der Waals surface area contributed by atoms with Crippen LogP contribution in [0.4, 0.5) is 5.82 Å². The SMILES string of the molecule is Nc1c(C(=O)c2ccccc2)cc2ccccn12. The highest BCUT2D eigenvalue weighted by Crippen LogP contribution is 2.21. The molecule has 0 aliphatic carbocycles. The van der Waals surface area contributed by atoms with E-state index in [4.69, 9.17) is 5.73 Å². The fourth-order valence-corrected chi connectivity index (χ4v) is 2.07. The van der Waals surface area contributed by atoms with E-state index in [-0.39, 0.29) is 5.78 Å². The molecular weight excluding hydrogens is 224 g/mol. The Kier molecular flexibility index (Phi) is 2.38. The highest BCUT2D eigenvalue weighted by molar-refractivity contribution is 6.12. The van der Waals surface area contributed by atoms with E-state index in [0.29, 0.717) is 16.9 Å². The molecule has 0 aliphatic heterocycles. The summed E-state index contributed by atoms with van der Waals surface area (Å²) in [5, 5.41) is 0. The van der Waals surface area contributed by atoms with Crippen LogP contribution in [-0.4, -0.2) is 10.2 Å². The lowest BCUT2D eigenvalue weighted by molar-refractivity contribution is 0.103. The van der Waals surface area contributed by atoms with Crippen LogP contribution in [0.3, 0.4) is 0 Å². The number of ketones is 1. The van der Waals surface area contributed by atoms with Crippen molar-refractivity contribution < 1.29 is 4.79 Å². The van der Waals surface area contributed by atoms with Gasteiger partial charge in [-0.25, -0.2) is 0 Å². The minimum absolute atomic E-state index is 0.0446. The molecule has 3 heteroatoms. The topological polar surface area (TPSA) is 47.5 Å². The molecule has 1 aromatic carbocycles. The van der Waals surface area contributed by atoms with Gasteiger partial charge in [0.05, 0.1) is 5.56 Å². The first-order valence-electron chi connectivity index (χ1n) is 5.72. The lowest BCUT2D eigenvalue weighted by Gasteiger charge is -2.00. The van der Waals surface area contributed by atoms with Gasteiger partial charge in [0, 0.05) is 17.3 Å². The van der Waals surface area contributed by atoms with Crippen LogP contribution in [0.1, 0.15) is 15.9 Å². The van der Waals surface area contributed by atoms with Gasteiger partial charge >= 0.3 is 0 Å². The zero-order chi connectivity index (χ0) is 12.5. The number of nitrogens with two attached hydrogens (primary N) is 1. The number of rotatable bonds is 2. The molecule has 0 radical (unpaired) electrons. The number of anilines is 1. The lowest BCUT2D eigenvalue weighted by Crippen LogP contribution is -2.04. The molecule has 0 bridgehead atoms. The molecule has 88 valence electrons. The molecule has 2 heterocycles. The normalized spacial score (nSPS) is 10.7. The van der Waals surface area contributed by atoms with E-state index in [1.165, 1.54) is 0 Å². The Bertz CT molecular complexity index is 714.